The number of carbonyl (C=O) groups is 2. The van der Waals surface area contributed by atoms with Crippen molar-refractivity contribution in [1.82, 2.24) is 5.32 Å². The lowest BCUT2D eigenvalue weighted by Gasteiger charge is -2.07. The van der Waals surface area contributed by atoms with Crippen LogP contribution in [0.2, 0.25) is 0 Å². The molecule has 0 spiro atoms. The third-order valence-corrected chi connectivity index (χ3v) is 3.18. The molecule has 2 rings (SSSR count). The van der Waals surface area contributed by atoms with Gasteiger partial charge in [0.05, 0.1) is 5.92 Å². The first-order valence-electron chi connectivity index (χ1n) is 4.85. The van der Waals surface area contributed by atoms with Crippen LogP contribution in [0.1, 0.15) is 19.3 Å². The van der Waals surface area contributed by atoms with Crippen molar-refractivity contribution in [3.63, 3.8) is 0 Å². The fourth-order valence-electron chi connectivity index (χ4n) is 1.57. The van der Waals surface area contributed by atoms with E-state index in [0.717, 1.165) is 25.8 Å². The smallest absolute Gasteiger partial charge is 0.330 e. The SMILES string of the molecule is O=C(OC(=O)[C@@H]1CCCN1)C1CC1S. The van der Waals surface area contributed by atoms with Crippen molar-refractivity contribution in [1.29, 1.82) is 0 Å². The summed E-state index contributed by atoms with van der Waals surface area (Å²) < 4.78 is 4.74. The van der Waals surface area contributed by atoms with Gasteiger partial charge in [-0.15, -0.1) is 0 Å². The third kappa shape index (κ3) is 2.09. The quantitative estimate of drug-likeness (QED) is 0.390. The Kier molecular flexibility index (Phi) is 2.78. The monoisotopic (exact) mass is 215 g/mol. The van der Waals surface area contributed by atoms with Gasteiger partial charge >= 0.3 is 11.9 Å². The number of hydrogen-bond donors (Lipinski definition) is 2. The minimum Gasteiger partial charge on any atom is -0.392 e. The lowest BCUT2D eigenvalue weighted by molar-refractivity contribution is -0.161. The summed E-state index contributed by atoms with van der Waals surface area (Å²) in [5.41, 5.74) is 0. The number of esters is 2. The van der Waals surface area contributed by atoms with Crippen LogP contribution < -0.4 is 5.32 Å². The van der Waals surface area contributed by atoms with Gasteiger partial charge in [-0.05, 0) is 25.8 Å². The summed E-state index contributed by atoms with van der Waals surface area (Å²) in [7, 11) is 0. The van der Waals surface area contributed by atoms with Crippen molar-refractivity contribution in [2.24, 2.45) is 5.92 Å². The van der Waals surface area contributed by atoms with Gasteiger partial charge in [-0.2, -0.15) is 12.6 Å². The van der Waals surface area contributed by atoms with E-state index in [1.807, 2.05) is 0 Å². The summed E-state index contributed by atoms with van der Waals surface area (Å²) in [4.78, 5) is 22.6. The number of rotatable bonds is 2. The van der Waals surface area contributed by atoms with Gasteiger partial charge < -0.3 is 10.1 Å². The van der Waals surface area contributed by atoms with Crippen LogP contribution in [-0.2, 0) is 14.3 Å². The first kappa shape index (κ1) is 9.98. The van der Waals surface area contributed by atoms with Crippen molar-refractivity contribution in [3.05, 3.63) is 0 Å². The zero-order valence-electron chi connectivity index (χ0n) is 7.73. The van der Waals surface area contributed by atoms with E-state index in [-0.39, 0.29) is 17.2 Å². The van der Waals surface area contributed by atoms with Crippen molar-refractivity contribution in [2.75, 3.05) is 6.54 Å². The third-order valence-electron chi connectivity index (χ3n) is 2.61. The molecular formula is C9H13NO3S. The molecule has 2 unspecified atom stereocenters. The van der Waals surface area contributed by atoms with E-state index in [1.165, 1.54) is 0 Å². The molecule has 0 aromatic carbocycles. The van der Waals surface area contributed by atoms with E-state index in [2.05, 4.69) is 17.9 Å². The standard InChI is InChI=1S/C9H13NO3S/c11-8(5-4-7(5)14)13-9(12)6-2-1-3-10-6/h5-7,10,14H,1-4H2/t5?,6-,7?/m0/s1. The van der Waals surface area contributed by atoms with E-state index in [9.17, 15) is 9.59 Å². The molecule has 1 saturated carbocycles. The van der Waals surface area contributed by atoms with Gasteiger partial charge in [-0.25, -0.2) is 4.79 Å². The van der Waals surface area contributed by atoms with Crippen LogP contribution in [0.3, 0.4) is 0 Å². The van der Waals surface area contributed by atoms with Gasteiger partial charge in [0.25, 0.3) is 0 Å². The lowest BCUT2D eigenvalue weighted by Crippen LogP contribution is -2.34. The topological polar surface area (TPSA) is 55.4 Å². The van der Waals surface area contributed by atoms with Crippen LogP contribution in [0.15, 0.2) is 0 Å². The Morgan fingerprint density at radius 1 is 1.36 bits per heavy atom. The van der Waals surface area contributed by atoms with Crippen LogP contribution in [0, 0.1) is 5.92 Å². The molecule has 1 heterocycles. The highest BCUT2D eigenvalue weighted by molar-refractivity contribution is 7.81. The molecular weight excluding hydrogens is 202 g/mol. The van der Waals surface area contributed by atoms with Gasteiger partial charge in [0.15, 0.2) is 0 Å². The zero-order chi connectivity index (χ0) is 10.1. The summed E-state index contributed by atoms with van der Waals surface area (Å²) >= 11 is 4.12. The molecule has 3 atom stereocenters. The molecule has 4 nitrogen and oxygen atoms in total. The number of ether oxygens (including phenoxy) is 1. The molecule has 0 radical (unpaired) electrons. The highest BCUT2D eigenvalue weighted by Gasteiger charge is 2.43. The Balaban J connectivity index is 1.79. The van der Waals surface area contributed by atoms with Crippen LogP contribution >= 0.6 is 12.6 Å². The summed E-state index contributed by atoms with van der Waals surface area (Å²) in [6.07, 6.45) is 2.46. The molecule has 1 aliphatic heterocycles. The Hall–Kier alpha value is -0.550. The fourth-order valence-corrected chi connectivity index (χ4v) is 1.92. The summed E-state index contributed by atoms with van der Waals surface area (Å²) in [6.45, 7) is 0.826. The van der Waals surface area contributed by atoms with Gasteiger partial charge in [0.1, 0.15) is 6.04 Å². The van der Waals surface area contributed by atoms with Gasteiger partial charge in [-0.3, -0.25) is 4.79 Å². The molecule has 5 heteroatoms. The van der Waals surface area contributed by atoms with Crippen molar-refractivity contribution in [3.8, 4) is 0 Å². The maximum absolute atomic E-state index is 11.4. The van der Waals surface area contributed by atoms with Crippen LogP contribution in [0.5, 0.6) is 0 Å². The molecule has 0 aromatic rings. The Morgan fingerprint density at radius 3 is 2.57 bits per heavy atom. The predicted molar refractivity (Wildman–Crippen MR) is 53.0 cm³/mol. The van der Waals surface area contributed by atoms with E-state index in [0.29, 0.717) is 0 Å². The summed E-state index contributed by atoms with van der Waals surface area (Å²) in [5, 5.41) is 3.08. The van der Waals surface area contributed by atoms with E-state index in [4.69, 9.17) is 4.74 Å². The second-order valence-electron chi connectivity index (χ2n) is 3.80. The molecule has 0 bridgehead atoms. The Labute approximate surface area is 87.8 Å². The summed E-state index contributed by atoms with van der Waals surface area (Å²) in [6, 6.07) is -0.281. The molecule has 0 amide bonds. The van der Waals surface area contributed by atoms with E-state index in [1.54, 1.807) is 0 Å². The second-order valence-corrected chi connectivity index (χ2v) is 4.46. The molecule has 78 valence electrons. The normalized spacial score (nSPS) is 35.4. The van der Waals surface area contributed by atoms with Crippen LogP contribution in [0.25, 0.3) is 0 Å². The van der Waals surface area contributed by atoms with Crippen molar-refractivity contribution >= 4 is 24.6 Å². The number of carbonyl (C=O) groups excluding carboxylic acids is 2. The second kappa shape index (κ2) is 3.90. The van der Waals surface area contributed by atoms with Crippen molar-refractivity contribution in [2.45, 2.75) is 30.6 Å². The Morgan fingerprint density at radius 2 is 2.07 bits per heavy atom. The van der Waals surface area contributed by atoms with E-state index < -0.39 is 11.9 Å². The van der Waals surface area contributed by atoms with Gasteiger partial charge in [0, 0.05) is 5.25 Å². The van der Waals surface area contributed by atoms with Gasteiger partial charge in [-0.1, -0.05) is 0 Å². The number of thiol groups is 1. The first-order valence-corrected chi connectivity index (χ1v) is 5.37. The average molecular weight is 215 g/mol. The van der Waals surface area contributed by atoms with Crippen LogP contribution in [-0.4, -0.2) is 29.8 Å². The largest absolute Gasteiger partial charge is 0.392 e. The average Bonchev–Trinajstić information content (AvgIpc) is 2.70. The maximum Gasteiger partial charge on any atom is 0.330 e. The van der Waals surface area contributed by atoms with Crippen LogP contribution in [0.4, 0.5) is 0 Å². The lowest BCUT2D eigenvalue weighted by atomic mass is 10.2. The highest BCUT2D eigenvalue weighted by atomic mass is 32.1. The minimum atomic E-state index is -0.431. The number of hydrogen-bond acceptors (Lipinski definition) is 5. The molecule has 1 saturated heterocycles. The molecule has 2 aliphatic rings. The fraction of sp³-hybridized carbons (Fsp3) is 0.778. The van der Waals surface area contributed by atoms with Gasteiger partial charge in [0.2, 0.25) is 0 Å². The maximum atomic E-state index is 11.4. The number of nitrogens with one attached hydrogen (secondary N) is 1. The zero-order valence-corrected chi connectivity index (χ0v) is 8.63. The highest BCUT2D eigenvalue weighted by Crippen LogP contribution is 2.36. The molecule has 14 heavy (non-hydrogen) atoms. The molecule has 2 fully saturated rings. The Bertz CT molecular complexity index is 263. The summed E-state index contributed by atoms with van der Waals surface area (Å²) in [5.74, 6) is -1.01. The molecule has 0 aromatic heterocycles. The van der Waals surface area contributed by atoms with Crippen molar-refractivity contribution < 1.29 is 14.3 Å². The predicted octanol–water partition coefficient (Wildman–Crippen LogP) is 0.126. The minimum absolute atomic E-state index is 0.0897. The molecule has 1 N–H and O–H groups in total. The first-order chi connectivity index (χ1) is 6.68. The van der Waals surface area contributed by atoms with E-state index >= 15 is 0 Å². The molecule has 1 aliphatic carbocycles.